The summed E-state index contributed by atoms with van der Waals surface area (Å²) in [4.78, 5) is 0. The second-order valence-corrected chi connectivity index (χ2v) is 5.23. The predicted molar refractivity (Wildman–Crippen MR) is 77.4 cm³/mol. The van der Waals surface area contributed by atoms with Crippen LogP contribution in [0.15, 0.2) is 48.5 Å². The van der Waals surface area contributed by atoms with Crippen LogP contribution in [0.1, 0.15) is 24.1 Å². The van der Waals surface area contributed by atoms with Gasteiger partial charge in [0.2, 0.25) is 0 Å². The summed E-state index contributed by atoms with van der Waals surface area (Å²) < 4.78 is 18.8. The van der Waals surface area contributed by atoms with E-state index in [1.807, 2.05) is 30.3 Å². The van der Waals surface area contributed by atoms with Gasteiger partial charge in [-0.05, 0) is 36.2 Å². The first-order valence-corrected chi connectivity index (χ1v) is 6.96. The molecule has 0 fully saturated rings. The number of halogens is 1. The largest absolute Gasteiger partial charge is 0.488 e. The second-order valence-electron chi connectivity index (χ2n) is 5.23. The number of fused-ring (bicyclic) bond motifs is 1. The van der Waals surface area contributed by atoms with E-state index in [1.165, 1.54) is 17.7 Å². The Morgan fingerprint density at radius 1 is 1.20 bits per heavy atom. The van der Waals surface area contributed by atoms with Crippen LogP contribution in [0.4, 0.5) is 4.39 Å². The molecule has 0 aromatic heterocycles. The lowest BCUT2D eigenvalue weighted by Gasteiger charge is -2.17. The molecule has 0 saturated heterocycles. The summed E-state index contributed by atoms with van der Waals surface area (Å²) in [5, 5.41) is 3.45. The van der Waals surface area contributed by atoms with Crippen LogP contribution in [-0.4, -0.2) is 12.6 Å². The van der Waals surface area contributed by atoms with E-state index in [-0.39, 0.29) is 18.0 Å². The molecule has 20 heavy (non-hydrogen) atoms. The fraction of sp³-hybridized carbons (Fsp3) is 0.294. The SMILES string of the molecule is C[C@@H](NCC1Cc2ccccc2O1)c1ccc(F)cc1. The van der Waals surface area contributed by atoms with Gasteiger partial charge in [0.15, 0.2) is 0 Å². The van der Waals surface area contributed by atoms with Crippen molar-refractivity contribution in [1.82, 2.24) is 5.32 Å². The molecule has 0 amide bonds. The van der Waals surface area contributed by atoms with Gasteiger partial charge in [-0.1, -0.05) is 30.3 Å². The smallest absolute Gasteiger partial charge is 0.123 e. The van der Waals surface area contributed by atoms with E-state index in [1.54, 1.807) is 0 Å². The molecule has 2 aromatic carbocycles. The summed E-state index contributed by atoms with van der Waals surface area (Å²) in [5.74, 6) is 0.796. The van der Waals surface area contributed by atoms with Crippen LogP contribution >= 0.6 is 0 Å². The predicted octanol–water partition coefficient (Wildman–Crippen LogP) is 3.48. The zero-order valence-corrected chi connectivity index (χ0v) is 11.5. The third-order valence-corrected chi connectivity index (χ3v) is 3.74. The van der Waals surface area contributed by atoms with Crippen molar-refractivity contribution in [2.75, 3.05) is 6.54 Å². The Kier molecular flexibility index (Phi) is 3.70. The van der Waals surface area contributed by atoms with Gasteiger partial charge in [0.25, 0.3) is 0 Å². The van der Waals surface area contributed by atoms with Crippen molar-refractivity contribution in [2.45, 2.75) is 25.5 Å². The van der Waals surface area contributed by atoms with Crippen molar-refractivity contribution in [3.8, 4) is 5.75 Å². The maximum atomic E-state index is 12.9. The van der Waals surface area contributed by atoms with Crippen LogP contribution in [0.25, 0.3) is 0 Å². The molecule has 2 aromatic rings. The van der Waals surface area contributed by atoms with E-state index in [4.69, 9.17) is 4.74 Å². The molecule has 2 nitrogen and oxygen atoms in total. The highest BCUT2D eigenvalue weighted by atomic mass is 19.1. The van der Waals surface area contributed by atoms with E-state index in [2.05, 4.69) is 18.3 Å². The van der Waals surface area contributed by atoms with Crippen LogP contribution in [0, 0.1) is 5.82 Å². The Hall–Kier alpha value is -1.87. The van der Waals surface area contributed by atoms with Crippen LogP contribution in [0.3, 0.4) is 0 Å². The normalized spacial score (nSPS) is 18.4. The quantitative estimate of drug-likeness (QED) is 0.919. The van der Waals surface area contributed by atoms with Gasteiger partial charge >= 0.3 is 0 Å². The molecule has 3 heteroatoms. The van der Waals surface area contributed by atoms with Gasteiger partial charge in [0, 0.05) is 19.0 Å². The molecule has 0 aliphatic carbocycles. The first kappa shape index (κ1) is 13.1. The fourth-order valence-electron chi connectivity index (χ4n) is 2.55. The summed E-state index contributed by atoms with van der Waals surface area (Å²) in [5.41, 5.74) is 2.36. The van der Waals surface area contributed by atoms with Gasteiger partial charge in [-0.25, -0.2) is 4.39 Å². The maximum Gasteiger partial charge on any atom is 0.123 e. The molecule has 1 aliphatic rings. The molecular weight excluding hydrogens is 253 g/mol. The molecule has 0 bridgehead atoms. The number of hydrogen-bond acceptors (Lipinski definition) is 2. The second kappa shape index (κ2) is 5.63. The number of benzene rings is 2. The molecule has 3 rings (SSSR count). The zero-order valence-electron chi connectivity index (χ0n) is 11.5. The van der Waals surface area contributed by atoms with E-state index < -0.39 is 0 Å². The van der Waals surface area contributed by atoms with E-state index in [9.17, 15) is 4.39 Å². The Morgan fingerprint density at radius 3 is 2.70 bits per heavy atom. The Balaban J connectivity index is 1.55. The lowest BCUT2D eigenvalue weighted by Crippen LogP contribution is -2.31. The molecule has 2 atom stereocenters. The molecule has 1 aliphatic heterocycles. The van der Waals surface area contributed by atoms with Gasteiger partial charge in [-0.15, -0.1) is 0 Å². The summed E-state index contributed by atoms with van der Waals surface area (Å²) in [7, 11) is 0. The molecular formula is C17H18FNO. The third-order valence-electron chi connectivity index (χ3n) is 3.74. The third kappa shape index (κ3) is 2.83. The molecule has 1 heterocycles. The average molecular weight is 271 g/mol. The number of hydrogen-bond donors (Lipinski definition) is 1. The Labute approximate surface area is 118 Å². The van der Waals surface area contributed by atoms with Crippen molar-refractivity contribution in [3.63, 3.8) is 0 Å². The average Bonchev–Trinajstić information content (AvgIpc) is 2.88. The molecule has 0 radical (unpaired) electrons. The molecule has 1 N–H and O–H groups in total. The number of para-hydroxylation sites is 1. The minimum atomic E-state index is -0.199. The van der Waals surface area contributed by atoms with Crippen LogP contribution in [0.5, 0.6) is 5.75 Å². The molecule has 1 unspecified atom stereocenters. The summed E-state index contributed by atoms with van der Waals surface area (Å²) in [6.45, 7) is 2.86. The highest BCUT2D eigenvalue weighted by molar-refractivity contribution is 5.37. The van der Waals surface area contributed by atoms with Crippen molar-refractivity contribution in [2.24, 2.45) is 0 Å². The molecule has 104 valence electrons. The highest BCUT2D eigenvalue weighted by Crippen LogP contribution is 2.28. The zero-order chi connectivity index (χ0) is 13.9. The minimum absolute atomic E-state index is 0.176. The van der Waals surface area contributed by atoms with Crippen LogP contribution in [0.2, 0.25) is 0 Å². The van der Waals surface area contributed by atoms with Crippen LogP contribution < -0.4 is 10.1 Å². The standard InChI is InChI=1S/C17H18FNO/c1-12(13-6-8-15(18)9-7-13)19-11-16-10-14-4-2-3-5-17(14)20-16/h2-9,12,16,19H,10-11H2,1H3/t12-,16?/m1/s1. The summed E-state index contributed by atoms with van der Waals surface area (Å²) in [6.07, 6.45) is 1.12. The van der Waals surface area contributed by atoms with Crippen molar-refractivity contribution in [1.29, 1.82) is 0 Å². The fourth-order valence-corrected chi connectivity index (χ4v) is 2.55. The van der Waals surface area contributed by atoms with Crippen molar-refractivity contribution >= 4 is 0 Å². The van der Waals surface area contributed by atoms with Crippen LogP contribution in [-0.2, 0) is 6.42 Å². The first-order chi connectivity index (χ1) is 9.72. The van der Waals surface area contributed by atoms with E-state index >= 15 is 0 Å². The lowest BCUT2D eigenvalue weighted by molar-refractivity contribution is 0.222. The number of nitrogens with one attached hydrogen (secondary N) is 1. The topological polar surface area (TPSA) is 21.3 Å². The minimum Gasteiger partial charge on any atom is -0.488 e. The van der Waals surface area contributed by atoms with E-state index in [0.717, 1.165) is 24.3 Å². The molecule has 0 saturated carbocycles. The Bertz CT molecular complexity index is 557. The van der Waals surface area contributed by atoms with Gasteiger partial charge in [-0.3, -0.25) is 0 Å². The van der Waals surface area contributed by atoms with Crippen molar-refractivity contribution < 1.29 is 9.13 Å². The summed E-state index contributed by atoms with van der Waals surface area (Å²) >= 11 is 0. The molecule has 0 spiro atoms. The maximum absolute atomic E-state index is 12.9. The van der Waals surface area contributed by atoms with Gasteiger partial charge < -0.3 is 10.1 Å². The lowest BCUT2D eigenvalue weighted by atomic mass is 10.1. The van der Waals surface area contributed by atoms with Gasteiger partial charge in [-0.2, -0.15) is 0 Å². The number of ether oxygens (including phenoxy) is 1. The van der Waals surface area contributed by atoms with E-state index in [0.29, 0.717) is 0 Å². The highest BCUT2D eigenvalue weighted by Gasteiger charge is 2.22. The van der Waals surface area contributed by atoms with Gasteiger partial charge in [0.1, 0.15) is 17.7 Å². The van der Waals surface area contributed by atoms with Crippen molar-refractivity contribution in [3.05, 3.63) is 65.5 Å². The number of rotatable bonds is 4. The van der Waals surface area contributed by atoms with Gasteiger partial charge in [0.05, 0.1) is 0 Å². The Morgan fingerprint density at radius 2 is 1.95 bits per heavy atom. The monoisotopic (exact) mass is 271 g/mol. The summed E-state index contributed by atoms with van der Waals surface area (Å²) in [6, 6.07) is 15.0. The first-order valence-electron chi connectivity index (χ1n) is 6.96.